The van der Waals surface area contributed by atoms with Crippen molar-refractivity contribution in [3.8, 4) is 0 Å². The third-order valence-corrected chi connectivity index (χ3v) is 1.46. The van der Waals surface area contributed by atoms with Crippen molar-refractivity contribution < 1.29 is 14.3 Å². The molecule has 0 aliphatic carbocycles. The minimum atomic E-state index is -0.723. The highest BCUT2D eigenvalue weighted by molar-refractivity contribution is 5.79. The van der Waals surface area contributed by atoms with E-state index in [9.17, 15) is 4.79 Å². The normalized spacial score (nSPS) is 18.7. The standard InChI is InChI=1S/C8H13NO3/c1-2-4-9-7(10)8-11-5-3-6-12-8/h2,8H,1,3-6H2,(H,9,10). The summed E-state index contributed by atoms with van der Waals surface area (Å²) < 4.78 is 10.1. The Morgan fingerprint density at radius 1 is 1.58 bits per heavy atom. The van der Waals surface area contributed by atoms with Gasteiger partial charge in [0.25, 0.3) is 5.91 Å². The number of ether oxygens (including phenoxy) is 2. The van der Waals surface area contributed by atoms with Crippen molar-refractivity contribution in [2.75, 3.05) is 19.8 Å². The highest BCUT2D eigenvalue weighted by Gasteiger charge is 2.21. The second-order valence-electron chi connectivity index (χ2n) is 2.46. The van der Waals surface area contributed by atoms with E-state index in [1.165, 1.54) is 0 Å². The van der Waals surface area contributed by atoms with E-state index in [1.54, 1.807) is 6.08 Å². The minimum Gasteiger partial charge on any atom is -0.348 e. The Morgan fingerprint density at radius 3 is 2.83 bits per heavy atom. The highest BCUT2D eigenvalue weighted by Crippen LogP contribution is 2.03. The molecule has 0 spiro atoms. The van der Waals surface area contributed by atoms with E-state index < -0.39 is 6.29 Å². The topological polar surface area (TPSA) is 47.6 Å². The number of nitrogens with one attached hydrogen (secondary N) is 1. The van der Waals surface area contributed by atoms with E-state index in [1.807, 2.05) is 0 Å². The maximum absolute atomic E-state index is 11.1. The molecule has 4 nitrogen and oxygen atoms in total. The number of rotatable bonds is 3. The Balaban J connectivity index is 2.24. The van der Waals surface area contributed by atoms with Gasteiger partial charge < -0.3 is 14.8 Å². The van der Waals surface area contributed by atoms with Crippen molar-refractivity contribution in [1.82, 2.24) is 5.32 Å². The molecule has 1 aliphatic rings. The highest BCUT2D eigenvalue weighted by atomic mass is 16.7. The summed E-state index contributed by atoms with van der Waals surface area (Å²) in [5.74, 6) is -0.227. The lowest BCUT2D eigenvalue weighted by atomic mass is 10.4. The van der Waals surface area contributed by atoms with Crippen LogP contribution in [0, 0.1) is 0 Å². The van der Waals surface area contributed by atoms with E-state index in [0.29, 0.717) is 19.8 Å². The average molecular weight is 171 g/mol. The molecule has 0 aromatic rings. The van der Waals surface area contributed by atoms with Crippen LogP contribution in [0.15, 0.2) is 12.7 Å². The number of hydrogen-bond donors (Lipinski definition) is 1. The summed E-state index contributed by atoms with van der Waals surface area (Å²) in [6.45, 7) is 5.11. The summed E-state index contributed by atoms with van der Waals surface area (Å²) in [5, 5.41) is 2.60. The Labute approximate surface area is 71.5 Å². The molecule has 1 N–H and O–H groups in total. The van der Waals surface area contributed by atoms with Crippen LogP contribution in [0.25, 0.3) is 0 Å². The Bertz CT molecular complexity index is 164. The van der Waals surface area contributed by atoms with Crippen molar-refractivity contribution in [3.05, 3.63) is 12.7 Å². The van der Waals surface area contributed by atoms with Gasteiger partial charge in [-0.15, -0.1) is 6.58 Å². The molecular weight excluding hydrogens is 158 g/mol. The van der Waals surface area contributed by atoms with Gasteiger partial charge in [0.05, 0.1) is 13.2 Å². The third kappa shape index (κ3) is 2.64. The zero-order valence-corrected chi connectivity index (χ0v) is 6.91. The van der Waals surface area contributed by atoms with Crippen LogP contribution in [0.2, 0.25) is 0 Å². The van der Waals surface area contributed by atoms with Gasteiger partial charge in [-0.05, 0) is 6.42 Å². The van der Waals surface area contributed by atoms with E-state index in [4.69, 9.17) is 9.47 Å². The monoisotopic (exact) mass is 171 g/mol. The fourth-order valence-electron chi connectivity index (χ4n) is 0.895. The van der Waals surface area contributed by atoms with Crippen molar-refractivity contribution in [3.63, 3.8) is 0 Å². The van der Waals surface area contributed by atoms with Gasteiger partial charge in [0, 0.05) is 6.54 Å². The van der Waals surface area contributed by atoms with Crippen LogP contribution in [-0.2, 0) is 14.3 Å². The number of carbonyl (C=O) groups excluding carboxylic acids is 1. The van der Waals surface area contributed by atoms with Gasteiger partial charge in [-0.3, -0.25) is 4.79 Å². The fraction of sp³-hybridized carbons (Fsp3) is 0.625. The molecule has 68 valence electrons. The SMILES string of the molecule is C=CCNC(=O)C1OCCCO1. The van der Waals surface area contributed by atoms with Gasteiger partial charge >= 0.3 is 0 Å². The molecule has 0 radical (unpaired) electrons. The Morgan fingerprint density at radius 2 is 2.25 bits per heavy atom. The second-order valence-corrected chi connectivity index (χ2v) is 2.46. The van der Waals surface area contributed by atoms with Crippen LogP contribution in [0.3, 0.4) is 0 Å². The van der Waals surface area contributed by atoms with Crippen LogP contribution in [0.5, 0.6) is 0 Å². The average Bonchev–Trinajstić information content (AvgIpc) is 2.15. The van der Waals surface area contributed by atoms with Gasteiger partial charge in [-0.1, -0.05) is 6.08 Å². The Hall–Kier alpha value is -0.870. The summed E-state index contributed by atoms with van der Waals surface area (Å²) >= 11 is 0. The zero-order valence-electron chi connectivity index (χ0n) is 6.91. The molecule has 4 heteroatoms. The van der Waals surface area contributed by atoms with Gasteiger partial charge in [-0.25, -0.2) is 0 Å². The summed E-state index contributed by atoms with van der Waals surface area (Å²) in [6.07, 6.45) is 1.74. The van der Waals surface area contributed by atoms with Crippen molar-refractivity contribution in [1.29, 1.82) is 0 Å². The molecule has 1 amide bonds. The maximum atomic E-state index is 11.1. The van der Waals surface area contributed by atoms with Crippen LogP contribution >= 0.6 is 0 Å². The smallest absolute Gasteiger partial charge is 0.277 e. The molecule has 1 aliphatic heterocycles. The van der Waals surface area contributed by atoms with Crippen molar-refractivity contribution in [2.45, 2.75) is 12.7 Å². The molecule has 1 saturated heterocycles. The first-order valence-electron chi connectivity index (χ1n) is 3.96. The van der Waals surface area contributed by atoms with E-state index in [0.717, 1.165) is 6.42 Å². The summed E-state index contributed by atoms with van der Waals surface area (Å²) in [5.41, 5.74) is 0. The first kappa shape index (κ1) is 9.22. The molecular formula is C8H13NO3. The first-order chi connectivity index (χ1) is 5.84. The molecule has 1 rings (SSSR count). The molecule has 0 unspecified atom stereocenters. The molecule has 0 aromatic carbocycles. The quantitative estimate of drug-likeness (QED) is 0.610. The van der Waals surface area contributed by atoms with E-state index in [-0.39, 0.29) is 5.91 Å². The maximum Gasteiger partial charge on any atom is 0.277 e. The molecule has 1 heterocycles. The van der Waals surface area contributed by atoms with Crippen molar-refractivity contribution in [2.24, 2.45) is 0 Å². The Kier molecular flexibility index (Phi) is 3.76. The molecule has 0 bridgehead atoms. The van der Waals surface area contributed by atoms with Gasteiger partial charge in [0.1, 0.15) is 0 Å². The minimum absolute atomic E-state index is 0.227. The lowest BCUT2D eigenvalue weighted by Gasteiger charge is -2.21. The van der Waals surface area contributed by atoms with Gasteiger partial charge in [-0.2, -0.15) is 0 Å². The molecule has 0 atom stereocenters. The molecule has 12 heavy (non-hydrogen) atoms. The first-order valence-corrected chi connectivity index (χ1v) is 3.96. The van der Waals surface area contributed by atoms with Gasteiger partial charge in [0.15, 0.2) is 0 Å². The largest absolute Gasteiger partial charge is 0.348 e. The number of carbonyl (C=O) groups is 1. The third-order valence-electron chi connectivity index (χ3n) is 1.46. The predicted molar refractivity (Wildman–Crippen MR) is 43.5 cm³/mol. The van der Waals surface area contributed by atoms with Crippen LogP contribution in [-0.4, -0.2) is 32.0 Å². The fourth-order valence-corrected chi connectivity index (χ4v) is 0.895. The lowest BCUT2D eigenvalue weighted by molar-refractivity contribution is -0.190. The molecule has 0 saturated carbocycles. The molecule has 0 aromatic heterocycles. The number of amides is 1. The molecule has 1 fully saturated rings. The summed E-state index contributed by atoms with van der Waals surface area (Å²) in [6, 6.07) is 0. The predicted octanol–water partition coefficient (Wildman–Crippen LogP) is 0.0516. The summed E-state index contributed by atoms with van der Waals surface area (Å²) in [7, 11) is 0. The van der Waals surface area contributed by atoms with E-state index in [2.05, 4.69) is 11.9 Å². The van der Waals surface area contributed by atoms with E-state index >= 15 is 0 Å². The second kappa shape index (κ2) is 4.90. The number of hydrogen-bond acceptors (Lipinski definition) is 3. The zero-order chi connectivity index (χ0) is 8.81. The van der Waals surface area contributed by atoms with Gasteiger partial charge in [0.2, 0.25) is 6.29 Å². The van der Waals surface area contributed by atoms with Crippen LogP contribution < -0.4 is 5.32 Å². The summed E-state index contributed by atoms with van der Waals surface area (Å²) in [4.78, 5) is 11.1. The van der Waals surface area contributed by atoms with Crippen LogP contribution in [0.1, 0.15) is 6.42 Å². The lowest BCUT2D eigenvalue weighted by Crippen LogP contribution is -2.40. The van der Waals surface area contributed by atoms with Crippen molar-refractivity contribution >= 4 is 5.91 Å². The van der Waals surface area contributed by atoms with Crippen LogP contribution in [0.4, 0.5) is 0 Å².